The van der Waals surface area contributed by atoms with E-state index in [0.29, 0.717) is 17.0 Å². The minimum absolute atomic E-state index is 0.276. The van der Waals surface area contributed by atoms with Crippen molar-refractivity contribution in [2.45, 2.75) is 6.92 Å². The summed E-state index contributed by atoms with van der Waals surface area (Å²) in [5.41, 5.74) is 5.06. The fourth-order valence-electron chi connectivity index (χ4n) is 2.39. The number of benzene rings is 2. The van der Waals surface area contributed by atoms with Gasteiger partial charge in [-0.05, 0) is 55.0 Å². The van der Waals surface area contributed by atoms with Crippen LogP contribution in [-0.2, 0) is 7.05 Å². The lowest BCUT2D eigenvalue weighted by molar-refractivity contribution is 0.0948. The second-order valence-electron chi connectivity index (χ2n) is 6.05. The molecule has 0 aliphatic rings. The molecule has 0 aliphatic carbocycles. The topological polar surface area (TPSA) is 88.4 Å². The fraction of sp³-hybridized carbons (Fsp3) is 0.100. The second-order valence-corrected chi connectivity index (χ2v) is 6.05. The van der Waals surface area contributed by atoms with E-state index in [1.54, 1.807) is 50.5 Å². The molecular formula is C20H18FN5O2. The summed E-state index contributed by atoms with van der Waals surface area (Å²) in [6.07, 6.45) is 1.67. The Kier molecular flexibility index (Phi) is 5.59. The van der Waals surface area contributed by atoms with Gasteiger partial charge in [0, 0.05) is 24.5 Å². The van der Waals surface area contributed by atoms with Crippen molar-refractivity contribution >= 4 is 23.2 Å². The molecular weight excluding hydrogens is 361 g/mol. The van der Waals surface area contributed by atoms with E-state index in [1.807, 2.05) is 0 Å². The zero-order valence-corrected chi connectivity index (χ0v) is 15.3. The predicted molar refractivity (Wildman–Crippen MR) is 104 cm³/mol. The van der Waals surface area contributed by atoms with Crippen LogP contribution in [0.1, 0.15) is 33.3 Å². The number of halogens is 1. The van der Waals surface area contributed by atoms with Gasteiger partial charge in [0.25, 0.3) is 11.8 Å². The van der Waals surface area contributed by atoms with Crippen molar-refractivity contribution in [3.63, 3.8) is 0 Å². The van der Waals surface area contributed by atoms with Crippen LogP contribution in [0.15, 0.2) is 65.9 Å². The van der Waals surface area contributed by atoms with E-state index in [1.165, 1.54) is 28.9 Å². The third-order valence-corrected chi connectivity index (χ3v) is 3.94. The maximum atomic E-state index is 12.9. The smallest absolute Gasteiger partial charge is 0.291 e. The van der Waals surface area contributed by atoms with Gasteiger partial charge in [-0.25, -0.2) is 9.82 Å². The molecule has 0 aliphatic heterocycles. The zero-order chi connectivity index (χ0) is 20.1. The molecule has 0 saturated heterocycles. The third-order valence-electron chi connectivity index (χ3n) is 3.94. The van der Waals surface area contributed by atoms with E-state index in [-0.39, 0.29) is 11.6 Å². The number of nitrogens with one attached hydrogen (secondary N) is 2. The van der Waals surface area contributed by atoms with Crippen LogP contribution in [-0.4, -0.2) is 27.3 Å². The van der Waals surface area contributed by atoms with Gasteiger partial charge in [0.1, 0.15) is 5.82 Å². The molecule has 1 aromatic heterocycles. The Morgan fingerprint density at radius 3 is 2.21 bits per heavy atom. The number of carbonyl (C=O) groups is 2. The first kappa shape index (κ1) is 19.0. The first-order valence-corrected chi connectivity index (χ1v) is 8.44. The molecule has 28 heavy (non-hydrogen) atoms. The average Bonchev–Trinajstić information content (AvgIpc) is 3.13. The van der Waals surface area contributed by atoms with Gasteiger partial charge in [-0.1, -0.05) is 12.1 Å². The number of nitrogens with zero attached hydrogens (tertiary/aromatic N) is 3. The van der Waals surface area contributed by atoms with Crippen LogP contribution in [0.3, 0.4) is 0 Å². The molecule has 2 N–H and O–H groups in total. The van der Waals surface area contributed by atoms with Crippen LogP contribution in [0.4, 0.5) is 10.1 Å². The molecule has 7 nitrogen and oxygen atoms in total. The van der Waals surface area contributed by atoms with E-state index in [9.17, 15) is 14.0 Å². The highest BCUT2D eigenvalue weighted by Crippen LogP contribution is 2.12. The lowest BCUT2D eigenvalue weighted by Gasteiger charge is -2.07. The lowest BCUT2D eigenvalue weighted by Crippen LogP contribution is -2.20. The van der Waals surface area contributed by atoms with Crippen LogP contribution in [0.25, 0.3) is 0 Å². The van der Waals surface area contributed by atoms with Crippen LogP contribution in [0.2, 0.25) is 0 Å². The summed E-state index contributed by atoms with van der Waals surface area (Å²) in [6.45, 7) is 1.75. The highest BCUT2D eigenvalue weighted by Gasteiger charge is 2.09. The summed E-state index contributed by atoms with van der Waals surface area (Å²) >= 11 is 0. The largest absolute Gasteiger partial charge is 0.322 e. The average molecular weight is 379 g/mol. The summed E-state index contributed by atoms with van der Waals surface area (Å²) in [4.78, 5) is 24.1. The van der Waals surface area contributed by atoms with Crippen molar-refractivity contribution in [3.8, 4) is 0 Å². The van der Waals surface area contributed by atoms with Crippen LogP contribution in [0.5, 0.6) is 0 Å². The van der Waals surface area contributed by atoms with Gasteiger partial charge in [-0.2, -0.15) is 10.2 Å². The Hall–Kier alpha value is -3.81. The van der Waals surface area contributed by atoms with Gasteiger partial charge in [0.2, 0.25) is 0 Å². The van der Waals surface area contributed by atoms with Gasteiger partial charge in [0.15, 0.2) is 5.69 Å². The van der Waals surface area contributed by atoms with Gasteiger partial charge < -0.3 is 5.32 Å². The quantitative estimate of drug-likeness (QED) is 0.528. The molecule has 0 fully saturated rings. The molecule has 0 atom stereocenters. The zero-order valence-electron chi connectivity index (χ0n) is 15.3. The van der Waals surface area contributed by atoms with Crippen LogP contribution < -0.4 is 10.7 Å². The fourth-order valence-corrected chi connectivity index (χ4v) is 2.39. The molecule has 142 valence electrons. The molecule has 3 aromatic rings. The number of aryl methyl sites for hydroxylation is 1. The molecule has 0 bridgehead atoms. The van der Waals surface area contributed by atoms with E-state index in [0.717, 1.165) is 5.56 Å². The number of amides is 2. The first-order chi connectivity index (χ1) is 13.4. The predicted octanol–water partition coefficient (Wildman–Crippen LogP) is 2.97. The normalized spacial score (nSPS) is 11.2. The molecule has 2 aromatic carbocycles. The van der Waals surface area contributed by atoms with Crippen molar-refractivity contribution in [2.24, 2.45) is 12.1 Å². The highest BCUT2D eigenvalue weighted by atomic mass is 19.1. The first-order valence-electron chi connectivity index (χ1n) is 8.44. The van der Waals surface area contributed by atoms with E-state index in [2.05, 4.69) is 20.9 Å². The number of rotatable bonds is 5. The number of hydrazone groups is 1. The molecule has 0 unspecified atom stereocenters. The lowest BCUT2D eigenvalue weighted by atomic mass is 10.1. The Morgan fingerprint density at radius 2 is 1.61 bits per heavy atom. The molecule has 0 spiro atoms. The standard InChI is InChI=1S/C20H18FN5O2/c1-13(23-24-20(28)18-11-12-26(2)25-18)14-5-9-17(10-6-14)22-19(27)15-3-7-16(21)8-4-15/h3-12H,1-2H3,(H,22,27)(H,24,28)/b23-13-. The van der Waals surface area contributed by atoms with Crippen LogP contribution in [0, 0.1) is 5.82 Å². The van der Waals surface area contributed by atoms with E-state index < -0.39 is 11.7 Å². The number of hydrogen-bond acceptors (Lipinski definition) is 4. The molecule has 0 saturated carbocycles. The number of hydrogen-bond donors (Lipinski definition) is 2. The van der Waals surface area contributed by atoms with Crippen molar-refractivity contribution in [2.75, 3.05) is 5.32 Å². The van der Waals surface area contributed by atoms with Gasteiger partial charge in [0.05, 0.1) is 5.71 Å². The van der Waals surface area contributed by atoms with Gasteiger partial charge in [-0.15, -0.1) is 0 Å². The third kappa shape index (κ3) is 4.67. The van der Waals surface area contributed by atoms with Crippen molar-refractivity contribution in [1.82, 2.24) is 15.2 Å². The van der Waals surface area contributed by atoms with Crippen LogP contribution >= 0.6 is 0 Å². The number of aromatic nitrogens is 2. The Morgan fingerprint density at radius 1 is 0.964 bits per heavy atom. The summed E-state index contributed by atoms with van der Waals surface area (Å²) in [5.74, 6) is -1.13. The summed E-state index contributed by atoms with van der Waals surface area (Å²) in [5, 5.41) is 10.8. The maximum Gasteiger partial charge on any atom is 0.291 e. The summed E-state index contributed by atoms with van der Waals surface area (Å²) < 4.78 is 14.5. The van der Waals surface area contributed by atoms with E-state index >= 15 is 0 Å². The molecule has 8 heteroatoms. The number of anilines is 1. The molecule has 2 amide bonds. The number of carbonyl (C=O) groups excluding carboxylic acids is 2. The maximum absolute atomic E-state index is 12.9. The highest BCUT2D eigenvalue weighted by molar-refractivity contribution is 6.05. The van der Waals surface area contributed by atoms with Gasteiger partial charge >= 0.3 is 0 Å². The second kappa shape index (κ2) is 8.26. The minimum atomic E-state index is -0.400. The SMILES string of the molecule is C/C(=N/NC(=O)c1ccn(C)n1)c1ccc(NC(=O)c2ccc(F)cc2)cc1. The Bertz CT molecular complexity index is 1020. The Balaban J connectivity index is 1.62. The summed E-state index contributed by atoms with van der Waals surface area (Å²) in [6, 6.07) is 13.9. The monoisotopic (exact) mass is 379 g/mol. The Labute approximate surface area is 160 Å². The molecule has 1 heterocycles. The molecule has 0 radical (unpaired) electrons. The van der Waals surface area contributed by atoms with Gasteiger partial charge in [-0.3, -0.25) is 14.3 Å². The van der Waals surface area contributed by atoms with Crippen molar-refractivity contribution < 1.29 is 14.0 Å². The van der Waals surface area contributed by atoms with Crippen molar-refractivity contribution in [3.05, 3.63) is 83.4 Å². The van der Waals surface area contributed by atoms with E-state index in [4.69, 9.17) is 0 Å². The summed E-state index contributed by atoms with van der Waals surface area (Å²) in [7, 11) is 1.72. The molecule has 3 rings (SSSR count). The minimum Gasteiger partial charge on any atom is -0.322 e. The van der Waals surface area contributed by atoms with Crippen molar-refractivity contribution in [1.29, 1.82) is 0 Å².